The van der Waals surface area contributed by atoms with E-state index in [9.17, 15) is 8.42 Å². The minimum Gasteiger partial charge on any atom is -0.324 e. The number of aryl methyl sites for hydroxylation is 1. The maximum Gasteiger partial charge on any atom is 0.180 e. The molecule has 2 N–H and O–H groups in total. The fraction of sp³-hybridized carbons (Fsp3) is 0.455. The van der Waals surface area contributed by atoms with E-state index in [-0.39, 0.29) is 5.75 Å². The molecule has 0 aliphatic heterocycles. The predicted molar refractivity (Wildman–Crippen MR) is 59.4 cm³/mol. The molecule has 0 unspecified atom stereocenters. The van der Waals surface area contributed by atoms with Gasteiger partial charge in [0.2, 0.25) is 0 Å². The van der Waals surface area contributed by atoms with E-state index < -0.39 is 15.4 Å². The summed E-state index contributed by atoms with van der Waals surface area (Å²) in [5.74, 6) is 0.0729. The van der Waals surface area contributed by atoms with Crippen molar-refractivity contribution in [1.29, 1.82) is 0 Å². The van der Waals surface area contributed by atoms with Crippen molar-refractivity contribution in [3.63, 3.8) is 0 Å². The SMILES string of the molecule is Cc1cccc(S(=O)(=O)CC2(N)CC2)c1. The van der Waals surface area contributed by atoms with Gasteiger partial charge in [0.1, 0.15) is 0 Å². The maximum atomic E-state index is 12.0. The van der Waals surface area contributed by atoms with Gasteiger partial charge in [0, 0.05) is 5.54 Å². The number of hydrogen-bond donors (Lipinski definition) is 1. The van der Waals surface area contributed by atoms with E-state index in [0.717, 1.165) is 18.4 Å². The fourth-order valence-electron chi connectivity index (χ4n) is 1.58. The number of nitrogens with two attached hydrogens (primary N) is 1. The lowest BCUT2D eigenvalue weighted by Crippen LogP contribution is -2.31. The van der Waals surface area contributed by atoms with Crippen molar-refractivity contribution in [3.05, 3.63) is 29.8 Å². The van der Waals surface area contributed by atoms with Gasteiger partial charge in [-0.05, 0) is 37.5 Å². The van der Waals surface area contributed by atoms with Gasteiger partial charge in [-0.15, -0.1) is 0 Å². The Morgan fingerprint density at radius 3 is 2.60 bits per heavy atom. The highest BCUT2D eigenvalue weighted by atomic mass is 32.2. The minimum atomic E-state index is -3.20. The van der Waals surface area contributed by atoms with Crippen molar-refractivity contribution in [2.75, 3.05) is 5.75 Å². The third kappa shape index (κ3) is 2.38. The zero-order valence-corrected chi connectivity index (χ0v) is 9.55. The third-order valence-electron chi connectivity index (χ3n) is 2.72. The molecule has 1 aliphatic rings. The summed E-state index contributed by atoms with van der Waals surface area (Å²) in [6.45, 7) is 1.88. The highest BCUT2D eigenvalue weighted by molar-refractivity contribution is 7.91. The Kier molecular flexibility index (Phi) is 2.35. The molecule has 15 heavy (non-hydrogen) atoms. The highest BCUT2D eigenvalue weighted by Crippen LogP contribution is 2.35. The van der Waals surface area contributed by atoms with Crippen LogP contribution in [0.15, 0.2) is 29.2 Å². The standard InChI is InChI=1S/C11H15NO2S/c1-9-3-2-4-10(7-9)15(13,14)8-11(12)5-6-11/h2-4,7H,5-6,8,12H2,1H3. The van der Waals surface area contributed by atoms with Crippen LogP contribution in [0.2, 0.25) is 0 Å². The van der Waals surface area contributed by atoms with E-state index in [2.05, 4.69) is 0 Å². The Morgan fingerprint density at radius 1 is 1.40 bits per heavy atom. The average Bonchev–Trinajstić information content (AvgIpc) is 2.82. The van der Waals surface area contributed by atoms with Crippen LogP contribution in [-0.2, 0) is 9.84 Å². The normalized spacial score (nSPS) is 18.8. The van der Waals surface area contributed by atoms with Gasteiger partial charge in [-0.25, -0.2) is 8.42 Å². The molecule has 0 heterocycles. The maximum absolute atomic E-state index is 12.0. The number of benzene rings is 1. The lowest BCUT2D eigenvalue weighted by atomic mass is 10.2. The largest absolute Gasteiger partial charge is 0.324 e. The van der Waals surface area contributed by atoms with Crippen molar-refractivity contribution in [1.82, 2.24) is 0 Å². The molecule has 2 rings (SSSR count). The van der Waals surface area contributed by atoms with Gasteiger partial charge in [0.05, 0.1) is 10.6 Å². The molecule has 0 saturated heterocycles. The summed E-state index contributed by atoms with van der Waals surface area (Å²) in [5.41, 5.74) is 6.33. The van der Waals surface area contributed by atoms with Gasteiger partial charge in [0.15, 0.2) is 9.84 Å². The van der Waals surface area contributed by atoms with Crippen molar-refractivity contribution >= 4 is 9.84 Å². The number of rotatable bonds is 3. The zero-order chi connectivity index (χ0) is 11.1. The summed E-state index contributed by atoms with van der Waals surface area (Å²) >= 11 is 0. The molecule has 1 aromatic rings. The van der Waals surface area contributed by atoms with Crippen LogP contribution >= 0.6 is 0 Å². The first-order valence-corrected chi connectivity index (χ1v) is 6.65. The lowest BCUT2D eigenvalue weighted by Gasteiger charge is -2.09. The number of sulfone groups is 1. The summed E-state index contributed by atoms with van der Waals surface area (Å²) in [6, 6.07) is 6.97. The molecule has 0 radical (unpaired) electrons. The van der Waals surface area contributed by atoms with Crippen LogP contribution in [0.3, 0.4) is 0 Å². The van der Waals surface area contributed by atoms with E-state index >= 15 is 0 Å². The van der Waals surface area contributed by atoms with Gasteiger partial charge < -0.3 is 5.73 Å². The molecule has 0 bridgehead atoms. The molecule has 4 heteroatoms. The summed E-state index contributed by atoms with van der Waals surface area (Å²) in [6.07, 6.45) is 1.64. The monoisotopic (exact) mass is 225 g/mol. The van der Waals surface area contributed by atoms with Crippen LogP contribution in [0.25, 0.3) is 0 Å². The zero-order valence-electron chi connectivity index (χ0n) is 8.73. The molecule has 1 fully saturated rings. The van der Waals surface area contributed by atoms with Gasteiger partial charge >= 0.3 is 0 Å². The van der Waals surface area contributed by atoms with Crippen molar-refractivity contribution in [3.8, 4) is 0 Å². The molecular weight excluding hydrogens is 210 g/mol. The Bertz CT molecular complexity index is 475. The third-order valence-corrected chi connectivity index (χ3v) is 4.65. The van der Waals surface area contributed by atoms with Gasteiger partial charge in [-0.1, -0.05) is 12.1 Å². The van der Waals surface area contributed by atoms with E-state index in [0.29, 0.717) is 4.90 Å². The molecule has 1 aromatic carbocycles. The summed E-state index contributed by atoms with van der Waals surface area (Å²) in [5, 5.41) is 0. The van der Waals surface area contributed by atoms with Gasteiger partial charge in [0.25, 0.3) is 0 Å². The molecule has 1 aliphatic carbocycles. The Hall–Kier alpha value is -0.870. The van der Waals surface area contributed by atoms with Crippen LogP contribution in [0.5, 0.6) is 0 Å². The van der Waals surface area contributed by atoms with Crippen LogP contribution < -0.4 is 5.73 Å². The minimum absolute atomic E-state index is 0.0729. The lowest BCUT2D eigenvalue weighted by molar-refractivity contribution is 0.585. The fourth-order valence-corrected chi connectivity index (χ4v) is 3.44. The molecule has 0 aromatic heterocycles. The van der Waals surface area contributed by atoms with Crippen molar-refractivity contribution in [2.24, 2.45) is 5.73 Å². The second kappa shape index (κ2) is 3.32. The van der Waals surface area contributed by atoms with Crippen molar-refractivity contribution in [2.45, 2.75) is 30.2 Å². The Morgan fingerprint density at radius 2 is 2.07 bits per heavy atom. The topological polar surface area (TPSA) is 60.2 Å². The first-order valence-electron chi connectivity index (χ1n) is 5.00. The second-order valence-electron chi connectivity index (χ2n) is 4.44. The average molecular weight is 225 g/mol. The van der Waals surface area contributed by atoms with Crippen LogP contribution in [-0.4, -0.2) is 19.7 Å². The first kappa shape index (κ1) is 10.6. The van der Waals surface area contributed by atoms with Crippen molar-refractivity contribution < 1.29 is 8.42 Å². The Balaban J connectivity index is 2.29. The summed E-state index contributed by atoms with van der Waals surface area (Å²) < 4.78 is 23.9. The van der Waals surface area contributed by atoms with Crippen LogP contribution in [0.1, 0.15) is 18.4 Å². The summed E-state index contributed by atoms with van der Waals surface area (Å²) in [4.78, 5) is 0.388. The molecule has 0 spiro atoms. The number of hydrogen-bond acceptors (Lipinski definition) is 3. The molecule has 0 amide bonds. The summed E-state index contributed by atoms with van der Waals surface area (Å²) in [7, 11) is -3.20. The molecule has 0 atom stereocenters. The van der Waals surface area contributed by atoms with E-state index in [1.54, 1.807) is 18.2 Å². The van der Waals surface area contributed by atoms with E-state index in [4.69, 9.17) is 5.73 Å². The Labute approximate surface area is 90.2 Å². The van der Waals surface area contributed by atoms with E-state index in [1.165, 1.54) is 0 Å². The predicted octanol–water partition coefficient (Wildman–Crippen LogP) is 1.26. The molecule has 3 nitrogen and oxygen atoms in total. The van der Waals surface area contributed by atoms with E-state index in [1.807, 2.05) is 13.0 Å². The second-order valence-corrected chi connectivity index (χ2v) is 6.43. The van der Waals surface area contributed by atoms with Gasteiger partial charge in [-0.2, -0.15) is 0 Å². The quantitative estimate of drug-likeness (QED) is 0.842. The van der Waals surface area contributed by atoms with Gasteiger partial charge in [-0.3, -0.25) is 0 Å². The molecule has 82 valence electrons. The smallest absolute Gasteiger partial charge is 0.180 e. The first-order chi connectivity index (χ1) is 6.91. The molecule has 1 saturated carbocycles. The molecular formula is C11H15NO2S. The highest BCUT2D eigenvalue weighted by Gasteiger charge is 2.42. The van der Waals surface area contributed by atoms with Crippen LogP contribution in [0, 0.1) is 6.92 Å². The van der Waals surface area contributed by atoms with Crippen LogP contribution in [0.4, 0.5) is 0 Å².